The minimum atomic E-state index is 0.240. The molecule has 0 bridgehead atoms. The first kappa shape index (κ1) is 12.9. The summed E-state index contributed by atoms with van der Waals surface area (Å²) in [5.74, 6) is 1.09. The highest BCUT2D eigenvalue weighted by Crippen LogP contribution is 2.21. The van der Waals surface area contributed by atoms with Gasteiger partial charge in [0.05, 0.1) is 11.6 Å². The highest BCUT2D eigenvalue weighted by atomic mass is 16.3. The van der Waals surface area contributed by atoms with Crippen LogP contribution in [-0.4, -0.2) is 14.7 Å². The Morgan fingerprint density at radius 1 is 1.05 bits per heavy atom. The van der Waals surface area contributed by atoms with Gasteiger partial charge in [0.1, 0.15) is 11.6 Å². The van der Waals surface area contributed by atoms with Gasteiger partial charge in [-0.2, -0.15) is 5.26 Å². The average Bonchev–Trinajstić information content (AvgIpc) is 2.97. The monoisotopic (exact) mass is 275 g/mol. The lowest BCUT2D eigenvalue weighted by atomic mass is 10.1. The predicted molar refractivity (Wildman–Crippen MR) is 79.6 cm³/mol. The van der Waals surface area contributed by atoms with Crippen LogP contribution in [0.4, 0.5) is 0 Å². The first-order valence-corrected chi connectivity index (χ1v) is 6.56. The van der Waals surface area contributed by atoms with E-state index >= 15 is 0 Å². The van der Waals surface area contributed by atoms with Crippen LogP contribution in [0.15, 0.2) is 60.9 Å². The van der Waals surface area contributed by atoms with E-state index in [9.17, 15) is 5.11 Å². The van der Waals surface area contributed by atoms with Crippen LogP contribution in [0.2, 0.25) is 0 Å². The minimum Gasteiger partial charge on any atom is -0.508 e. The van der Waals surface area contributed by atoms with Crippen LogP contribution >= 0.6 is 0 Å². The average molecular weight is 275 g/mol. The van der Waals surface area contributed by atoms with Crippen LogP contribution in [0, 0.1) is 11.3 Å². The molecule has 0 aliphatic carbocycles. The molecule has 0 aliphatic heterocycles. The van der Waals surface area contributed by atoms with E-state index in [0.29, 0.717) is 12.1 Å². The second kappa shape index (κ2) is 5.51. The highest BCUT2D eigenvalue weighted by Gasteiger charge is 2.06. The molecule has 1 N–H and O–H groups in total. The summed E-state index contributed by atoms with van der Waals surface area (Å²) < 4.78 is 2.04. The van der Waals surface area contributed by atoms with Gasteiger partial charge in [0.2, 0.25) is 0 Å². The van der Waals surface area contributed by atoms with E-state index in [-0.39, 0.29) is 5.75 Å². The smallest absolute Gasteiger partial charge is 0.140 e. The number of aromatic nitrogens is 2. The molecule has 0 radical (unpaired) electrons. The van der Waals surface area contributed by atoms with Gasteiger partial charge in [0, 0.05) is 24.5 Å². The largest absolute Gasteiger partial charge is 0.508 e. The zero-order valence-electron chi connectivity index (χ0n) is 11.3. The number of phenolic OH excluding ortho intramolecular Hbond substituents is 1. The Labute approximate surface area is 122 Å². The Morgan fingerprint density at radius 3 is 2.43 bits per heavy atom. The molecule has 1 aromatic heterocycles. The quantitative estimate of drug-likeness (QED) is 0.798. The van der Waals surface area contributed by atoms with Crippen molar-refractivity contribution in [3.8, 4) is 23.2 Å². The third kappa shape index (κ3) is 2.77. The van der Waals surface area contributed by atoms with Crippen LogP contribution < -0.4 is 0 Å². The molecule has 0 spiro atoms. The Morgan fingerprint density at radius 2 is 1.76 bits per heavy atom. The van der Waals surface area contributed by atoms with E-state index in [1.54, 1.807) is 18.3 Å². The van der Waals surface area contributed by atoms with Gasteiger partial charge in [-0.3, -0.25) is 0 Å². The van der Waals surface area contributed by atoms with Gasteiger partial charge in [0.25, 0.3) is 0 Å². The number of benzene rings is 2. The summed E-state index contributed by atoms with van der Waals surface area (Å²) in [5.41, 5.74) is 2.71. The van der Waals surface area contributed by atoms with Crippen molar-refractivity contribution in [3.63, 3.8) is 0 Å². The highest BCUT2D eigenvalue weighted by molar-refractivity contribution is 5.56. The fraction of sp³-hybridized carbons (Fsp3) is 0.0588. The normalized spacial score (nSPS) is 10.2. The Bertz CT molecular complexity index is 780. The lowest BCUT2D eigenvalue weighted by Crippen LogP contribution is -2.01. The molecule has 4 heteroatoms. The molecule has 0 unspecified atom stereocenters. The molecule has 0 atom stereocenters. The van der Waals surface area contributed by atoms with Crippen molar-refractivity contribution in [1.82, 2.24) is 9.55 Å². The van der Waals surface area contributed by atoms with Crippen LogP contribution in [0.1, 0.15) is 11.1 Å². The van der Waals surface area contributed by atoms with Gasteiger partial charge < -0.3 is 9.67 Å². The molecular formula is C17H13N3O. The van der Waals surface area contributed by atoms with Gasteiger partial charge >= 0.3 is 0 Å². The molecule has 2 aromatic carbocycles. The minimum absolute atomic E-state index is 0.240. The van der Waals surface area contributed by atoms with E-state index < -0.39 is 0 Å². The zero-order chi connectivity index (χ0) is 14.7. The van der Waals surface area contributed by atoms with Crippen molar-refractivity contribution in [2.24, 2.45) is 0 Å². The van der Waals surface area contributed by atoms with Gasteiger partial charge in [-0.05, 0) is 42.0 Å². The predicted octanol–water partition coefficient (Wildman–Crippen LogP) is 3.18. The molecule has 21 heavy (non-hydrogen) atoms. The topological polar surface area (TPSA) is 61.8 Å². The lowest BCUT2D eigenvalue weighted by molar-refractivity contribution is 0.475. The third-order valence-corrected chi connectivity index (χ3v) is 3.28. The molecule has 3 aromatic rings. The maximum absolute atomic E-state index is 9.35. The summed E-state index contributed by atoms with van der Waals surface area (Å²) in [7, 11) is 0. The van der Waals surface area contributed by atoms with Crippen molar-refractivity contribution in [3.05, 3.63) is 72.1 Å². The summed E-state index contributed by atoms with van der Waals surface area (Å²) in [6.07, 6.45) is 3.67. The van der Waals surface area contributed by atoms with Crippen LogP contribution in [-0.2, 0) is 6.54 Å². The lowest BCUT2D eigenvalue weighted by Gasteiger charge is -2.08. The number of nitrogens with zero attached hydrogens (tertiary/aromatic N) is 3. The van der Waals surface area contributed by atoms with E-state index in [0.717, 1.165) is 17.0 Å². The van der Waals surface area contributed by atoms with Crippen LogP contribution in [0.5, 0.6) is 5.75 Å². The second-order valence-corrected chi connectivity index (χ2v) is 4.73. The fourth-order valence-corrected chi connectivity index (χ4v) is 2.19. The zero-order valence-corrected chi connectivity index (χ0v) is 11.3. The molecule has 0 saturated heterocycles. The second-order valence-electron chi connectivity index (χ2n) is 4.73. The summed E-state index contributed by atoms with van der Waals surface area (Å²) in [4.78, 5) is 4.37. The Kier molecular flexibility index (Phi) is 3.40. The molecule has 1 heterocycles. The Hall–Kier alpha value is -3.06. The van der Waals surface area contributed by atoms with Crippen molar-refractivity contribution in [2.75, 3.05) is 0 Å². The molecule has 0 saturated carbocycles. The number of rotatable bonds is 3. The number of hydrogen-bond donors (Lipinski definition) is 1. The molecule has 3 rings (SSSR count). The van der Waals surface area contributed by atoms with Crippen molar-refractivity contribution >= 4 is 0 Å². The summed E-state index contributed by atoms with van der Waals surface area (Å²) in [6.45, 7) is 0.682. The first-order chi connectivity index (χ1) is 10.3. The molecule has 0 fully saturated rings. The fourth-order valence-electron chi connectivity index (χ4n) is 2.19. The summed E-state index contributed by atoms with van der Waals surface area (Å²) in [5, 5.41) is 18.2. The third-order valence-electron chi connectivity index (χ3n) is 3.28. The number of phenols is 1. The van der Waals surface area contributed by atoms with Crippen LogP contribution in [0.3, 0.4) is 0 Å². The van der Waals surface area contributed by atoms with E-state index in [1.165, 1.54) is 0 Å². The van der Waals surface area contributed by atoms with Crippen LogP contribution in [0.25, 0.3) is 11.4 Å². The number of imidazole rings is 1. The van der Waals surface area contributed by atoms with Crippen molar-refractivity contribution in [2.45, 2.75) is 6.54 Å². The molecular weight excluding hydrogens is 262 g/mol. The molecule has 4 nitrogen and oxygen atoms in total. The Balaban J connectivity index is 1.88. The summed E-state index contributed by atoms with van der Waals surface area (Å²) >= 11 is 0. The summed E-state index contributed by atoms with van der Waals surface area (Å²) in [6, 6.07) is 16.6. The van der Waals surface area contributed by atoms with Gasteiger partial charge in [-0.15, -0.1) is 0 Å². The number of hydrogen-bond acceptors (Lipinski definition) is 3. The molecule has 102 valence electrons. The standard InChI is InChI=1S/C17H13N3O/c18-11-13-1-3-14(4-2-13)12-20-10-9-19-17(20)15-5-7-16(21)8-6-15/h1-10,21H,12H2. The maximum atomic E-state index is 9.35. The van der Waals surface area contributed by atoms with Crippen molar-refractivity contribution < 1.29 is 5.11 Å². The van der Waals surface area contributed by atoms with E-state index in [1.807, 2.05) is 47.2 Å². The first-order valence-electron chi connectivity index (χ1n) is 6.56. The van der Waals surface area contributed by atoms with Gasteiger partial charge in [-0.25, -0.2) is 4.98 Å². The number of aromatic hydroxyl groups is 1. The molecule has 0 amide bonds. The van der Waals surface area contributed by atoms with Gasteiger partial charge in [0.15, 0.2) is 0 Å². The molecule has 0 aliphatic rings. The SMILES string of the molecule is N#Cc1ccc(Cn2ccnc2-c2ccc(O)cc2)cc1. The van der Waals surface area contributed by atoms with E-state index in [2.05, 4.69) is 11.1 Å². The van der Waals surface area contributed by atoms with Crippen molar-refractivity contribution in [1.29, 1.82) is 5.26 Å². The van der Waals surface area contributed by atoms with Gasteiger partial charge in [-0.1, -0.05) is 12.1 Å². The number of nitriles is 1. The van der Waals surface area contributed by atoms with E-state index in [4.69, 9.17) is 5.26 Å². The maximum Gasteiger partial charge on any atom is 0.140 e.